The summed E-state index contributed by atoms with van der Waals surface area (Å²) in [5.74, 6) is -1.75. The average molecular weight is 701 g/mol. The molecule has 0 saturated heterocycles. The van der Waals surface area contributed by atoms with Gasteiger partial charge in [-0.1, -0.05) is 35.3 Å². The first-order valence-electron chi connectivity index (χ1n) is 12.6. The quantitative estimate of drug-likeness (QED) is 0.190. The van der Waals surface area contributed by atoms with Gasteiger partial charge < -0.3 is 10.1 Å². The predicted molar refractivity (Wildman–Crippen MR) is 169 cm³/mol. The number of Topliss-reactive ketones (excluding diaryl/α,β-unsaturated/α-hetero) is 1. The number of rotatable bonds is 7. The third-order valence-corrected chi connectivity index (χ3v) is 9.00. The number of anilines is 2. The van der Waals surface area contributed by atoms with Crippen molar-refractivity contribution in [2.75, 3.05) is 10.6 Å². The number of hydrogen-bond acceptors (Lipinski definition) is 4. The van der Waals surface area contributed by atoms with E-state index < -0.39 is 27.9 Å². The fraction of sp³-hybridized carbons (Fsp3) is 0.300. The summed E-state index contributed by atoms with van der Waals surface area (Å²) >= 11 is 28.8. The van der Waals surface area contributed by atoms with Crippen molar-refractivity contribution in [1.82, 2.24) is 0 Å². The molecule has 0 radical (unpaired) electrons. The zero-order valence-electron chi connectivity index (χ0n) is 22.6. The number of carbonyl (C=O) groups excluding carboxylic acids is 3. The Morgan fingerprint density at radius 2 is 1.56 bits per heavy atom. The summed E-state index contributed by atoms with van der Waals surface area (Å²) in [4.78, 5) is 38.5. The molecule has 0 aliphatic heterocycles. The van der Waals surface area contributed by atoms with Crippen molar-refractivity contribution in [3.8, 4) is 0 Å². The van der Waals surface area contributed by atoms with Gasteiger partial charge in [0.1, 0.15) is 9.93 Å². The van der Waals surface area contributed by atoms with E-state index in [9.17, 15) is 14.4 Å². The van der Waals surface area contributed by atoms with Crippen molar-refractivity contribution in [1.29, 1.82) is 0 Å². The topological polar surface area (TPSA) is 84.5 Å². The maximum Gasteiger partial charge on any atom is 0.412 e. The number of ether oxygens (including phenoxy) is 1. The first kappa shape index (κ1) is 31.6. The van der Waals surface area contributed by atoms with E-state index in [0.717, 1.165) is 16.7 Å². The summed E-state index contributed by atoms with van der Waals surface area (Å²) in [5, 5.41) is 6.30. The molecule has 1 saturated carbocycles. The maximum atomic E-state index is 13.2. The highest BCUT2D eigenvalue weighted by atomic mass is 79.9. The van der Waals surface area contributed by atoms with Gasteiger partial charge in [-0.25, -0.2) is 4.79 Å². The standard InChI is InChI=1S/C30H27BrCl4N2O4/c1-15-11-18(37-28(40)41-29(2,3)4)7-5-16(15)13-24(38)20-14-19(8-10-22(20)32)36-27(39)26-25(30(26,34)35)17-6-9-23(33)21(31)12-17/h5-12,14,25-26H,13H2,1-4H3,(H,36,39)(H,37,40). The van der Waals surface area contributed by atoms with E-state index >= 15 is 0 Å². The SMILES string of the molecule is Cc1cc(NC(=O)OC(C)(C)C)ccc1CC(=O)c1cc(NC(=O)C2C(c3ccc(Cl)c(Br)c3)C2(Cl)Cl)ccc1Cl. The van der Waals surface area contributed by atoms with Gasteiger partial charge in [-0.15, -0.1) is 23.2 Å². The Balaban J connectivity index is 1.44. The van der Waals surface area contributed by atoms with Crippen LogP contribution in [0.3, 0.4) is 0 Å². The number of aryl methyl sites for hydroxylation is 1. The molecule has 6 nitrogen and oxygen atoms in total. The highest BCUT2D eigenvalue weighted by Crippen LogP contribution is 2.65. The van der Waals surface area contributed by atoms with Gasteiger partial charge in [0, 0.05) is 33.7 Å². The van der Waals surface area contributed by atoms with Gasteiger partial charge in [0.05, 0.1) is 16.0 Å². The molecule has 1 aliphatic carbocycles. The van der Waals surface area contributed by atoms with Crippen LogP contribution in [-0.2, 0) is 16.0 Å². The van der Waals surface area contributed by atoms with Crippen LogP contribution in [0, 0.1) is 12.8 Å². The normalized spacial score (nSPS) is 17.5. The fourth-order valence-corrected chi connectivity index (χ4v) is 6.04. The Morgan fingerprint density at radius 3 is 2.20 bits per heavy atom. The number of carbonyl (C=O) groups is 3. The van der Waals surface area contributed by atoms with E-state index in [1.165, 1.54) is 6.07 Å². The minimum atomic E-state index is -1.29. The maximum absolute atomic E-state index is 13.2. The summed E-state index contributed by atoms with van der Waals surface area (Å²) in [6, 6.07) is 15.2. The van der Waals surface area contributed by atoms with E-state index in [1.54, 1.807) is 69.3 Å². The molecule has 0 bridgehead atoms. The van der Waals surface area contributed by atoms with Crippen LogP contribution in [-0.4, -0.2) is 27.7 Å². The molecule has 11 heteroatoms. The Hall–Kier alpha value is -2.29. The van der Waals surface area contributed by atoms with Crippen molar-refractivity contribution < 1.29 is 19.1 Å². The Labute approximate surface area is 267 Å². The van der Waals surface area contributed by atoms with E-state index in [1.807, 2.05) is 6.92 Å². The molecule has 2 atom stereocenters. The summed E-state index contributed by atoms with van der Waals surface area (Å²) in [6.45, 7) is 7.19. The molecule has 0 aromatic heterocycles. The molecule has 0 heterocycles. The van der Waals surface area contributed by atoms with E-state index in [4.69, 9.17) is 51.1 Å². The van der Waals surface area contributed by atoms with Crippen molar-refractivity contribution >= 4 is 91.5 Å². The lowest BCUT2D eigenvalue weighted by Crippen LogP contribution is -2.27. The lowest BCUT2D eigenvalue weighted by Gasteiger charge is -2.20. The third-order valence-electron chi connectivity index (χ3n) is 6.51. The highest BCUT2D eigenvalue weighted by Gasteiger charge is 2.67. The minimum Gasteiger partial charge on any atom is -0.444 e. The molecule has 4 rings (SSSR count). The molecule has 1 fully saturated rings. The van der Waals surface area contributed by atoms with Crippen molar-refractivity contribution in [3.05, 3.63) is 91.4 Å². The van der Waals surface area contributed by atoms with E-state index in [0.29, 0.717) is 20.9 Å². The zero-order chi connectivity index (χ0) is 30.3. The van der Waals surface area contributed by atoms with Gasteiger partial charge in [0.25, 0.3) is 0 Å². The second kappa shape index (κ2) is 12.1. The molecule has 0 spiro atoms. The Bertz CT molecular complexity index is 1540. The number of hydrogen-bond donors (Lipinski definition) is 2. The second-order valence-corrected chi connectivity index (χ2v) is 14.0. The summed E-state index contributed by atoms with van der Waals surface area (Å²) in [7, 11) is 0. The molecule has 2 N–H and O–H groups in total. The lowest BCUT2D eigenvalue weighted by atomic mass is 9.98. The van der Waals surface area contributed by atoms with Crippen LogP contribution >= 0.6 is 62.3 Å². The Kier molecular flexibility index (Phi) is 9.37. The third kappa shape index (κ3) is 7.57. The molecule has 3 aromatic carbocycles. The molecular formula is C30H27BrCl4N2O4. The Morgan fingerprint density at radius 1 is 0.927 bits per heavy atom. The zero-order valence-corrected chi connectivity index (χ0v) is 27.2. The number of nitrogens with one attached hydrogen (secondary N) is 2. The van der Waals surface area contributed by atoms with E-state index in [-0.39, 0.29) is 28.7 Å². The van der Waals surface area contributed by atoms with Gasteiger partial charge in [-0.3, -0.25) is 14.9 Å². The number of alkyl halides is 2. The summed E-state index contributed by atoms with van der Waals surface area (Å²) in [5.41, 5.74) is 2.93. The van der Waals surface area contributed by atoms with Gasteiger partial charge in [0.15, 0.2) is 5.78 Å². The molecule has 2 amide bonds. The van der Waals surface area contributed by atoms with Gasteiger partial charge in [-0.2, -0.15) is 0 Å². The molecular weight excluding hydrogens is 674 g/mol. The van der Waals surface area contributed by atoms with E-state index in [2.05, 4.69) is 26.6 Å². The summed E-state index contributed by atoms with van der Waals surface area (Å²) < 4.78 is 4.67. The molecule has 3 aromatic rings. The predicted octanol–water partition coefficient (Wildman–Crippen LogP) is 9.36. The number of halogens is 5. The number of ketones is 1. The monoisotopic (exact) mass is 698 g/mol. The smallest absolute Gasteiger partial charge is 0.412 e. The van der Waals surface area contributed by atoms with Crippen molar-refractivity contribution in [2.45, 2.75) is 50.0 Å². The van der Waals surface area contributed by atoms with Gasteiger partial charge in [-0.05, 0) is 103 Å². The first-order chi connectivity index (χ1) is 19.1. The fourth-order valence-electron chi connectivity index (χ4n) is 4.47. The lowest BCUT2D eigenvalue weighted by molar-refractivity contribution is -0.117. The average Bonchev–Trinajstić information content (AvgIpc) is 3.44. The van der Waals surface area contributed by atoms with Gasteiger partial charge in [0.2, 0.25) is 5.91 Å². The largest absolute Gasteiger partial charge is 0.444 e. The molecule has 1 aliphatic rings. The minimum absolute atomic E-state index is 0.0677. The van der Waals surface area contributed by atoms with Crippen LogP contribution in [0.15, 0.2) is 59.1 Å². The molecule has 41 heavy (non-hydrogen) atoms. The van der Waals surface area contributed by atoms with Crippen molar-refractivity contribution in [3.63, 3.8) is 0 Å². The van der Waals surface area contributed by atoms with Crippen molar-refractivity contribution in [2.24, 2.45) is 5.92 Å². The first-order valence-corrected chi connectivity index (χ1v) is 14.9. The molecule has 2 unspecified atom stereocenters. The van der Waals surface area contributed by atoms with Crippen LogP contribution in [0.25, 0.3) is 0 Å². The van der Waals surface area contributed by atoms with Crippen LogP contribution in [0.2, 0.25) is 10.0 Å². The van der Waals surface area contributed by atoms with Crippen LogP contribution in [0.4, 0.5) is 16.2 Å². The number of benzene rings is 3. The number of amides is 2. The van der Waals surface area contributed by atoms with Gasteiger partial charge >= 0.3 is 6.09 Å². The molecule has 216 valence electrons. The second-order valence-electron chi connectivity index (χ2n) is 10.9. The van der Waals surface area contributed by atoms with Crippen LogP contribution < -0.4 is 10.6 Å². The highest BCUT2D eigenvalue weighted by molar-refractivity contribution is 9.10. The summed E-state index contributed by atoms with van der Waals surface area (Å²) in [6.07, 6.45) is -0.497. The van der Waals surface area contributed by atoms with Crippen LogP contribution in [0.1, 0.15) is 53.7 Å². The van der Waals surface area contributed by atoms with Crippen LogP contribution in [0.5, 0.6) is 0 Å².